The summed E-state index contributed by atoms with van der Waals surface area (Å²) in [5, 5.41) is -0.454. The quantitative estimate of drug-likeness (QED) is 0.321. The summed E-state index contributed by atoms with van der Waals surface area (Å²) >= 11 is 4.18. The van der Waals surface area contributed by atoms with E-state index in [9.17, 15) is 26.2 Å². The van der Waals surface area contributed by atoms with Crippen LogP contribution in [0.3, 0.4) is 0 Å². The van der Waals surface area contributed by atoms with Crippen molar-refractivity contribution in [2.75, 3.05) is 13.1 Å². The van der Waals surface area contributed by atoms with Crippen molar-refractivity contribution in [3.05, 3.63) is 29.8 Å². The predicted octanol–water partition coefficient (Wildman–Crippen LogP) is 0.848. The van der Waals surface area contributed by atoms with E-state index in [2.05, 4.69) is 18.1 Å². The Hall–Kier alpha value is -1.18. The molecule has 2 N–H and O–H groups in total. The molecule has 1 aromatic rings. The van der Waals surface area contributed by atoms with Gasteiger partial charge in [0.05, 0.1) is 4.90 Å². The molecule has 2 unspecified atom stereocenters. The summed E-state index contributed by atoms with van der Waals surface area (Å²) in [7, 11) is -8.68. The molecule has 0 bridgehead atoms. The van der Waals surface area contributed by atoms with Gasteiger partial charge in [0.2, 0.25) is 0 Å². The Labute approximate surface area is 171 Å². The van der Waals surface area contributed by atoms with Crippen LogP contribution in [-0.2, 0) is 25.1 Å². The molecule has 0 spiro atoms. The summed E-state index contributed by atoms with van der Waals surface area (Å²) in [6.45, 7) is 5.24. The standard InChI is InChI=1S/C16H25N3O6S3/c1-11(2)9-19(27(21,22)14-6-4-12(3)5-7-14)17-16(20)15-8-13(26)10-18(15)28(23,24)25/h4-7,11,13,15,26H,8-10H2,1-3H3,(H,17,20)(H,23,24,25). The fourth-order valence-corrected chi connectivity index (χ4v) is 5.64. The molecule has 28 heavy (non-hydrogen) atoms. The molecule has 0 aromatic heterocycles. The molecule has 9 nitrogen and oxygen atoms in total. The molecule has 1 aliphatic heterocycles. The first-order chi connectivity index (χ1) is 12.8. The van der Waals surface area contributed by atoms with Gasteiger partial charge in [-0.15, -0.1) is 4.41 Å². The monoisotopic (exact) mass is 451 g/mol. The Morgan fingerprint density at radius 3 is 2.36 bits per heavy atom. The zero-order chi connectivity index (χ0) is 21.3. The van der Waals surface area contributed by atoms with E-state index in [4.69, 9.17) is 0 Å². The lowest BCUT2D eigenvalue weighted by molar-refractivity contribution is -0.127. The van der Waals surface area contributed by atoms with Gasteiger partial charge in [0, 0.05) is 18.3 Å². The van der Waals surface area contributed by atoms with Gasteiger partial charge in [-0.2, -0.15) is 25.4 Å². The van der Waals surface area contributed by atoms with E-state index in [1.165, 1.54) is 12.1 Å². The molecule has 0 aliphatic carbocycles. The van der Waals surface area contributed by atoms with Crippen molar-refractivity contribution in [3.63, 3.8) is 0 Å². The van der Waals surface area contributed by atoms with E-state index in [1.807, 2.05) is 6.92 Å². The number of nitrogens with zero attached hydrogens (tertiary/aromatic N) is 2. The van der Waals surface area contributed by atoms with E-state index >= 15 is 0 Å². The van der Waals surface area contributed by atoms with Gasteiger partial charge in [-0.05, 0) is 31.4 Å². The lowest BCUT2D eigenvalue weighted by atomic mass is 10.2. The second-order valence-electron chi connectivity index (χ2n) is 7.17. The number of nitrogens with one attached hydrogen (secondary N) is 1. The van der Waals surface area contributed by atoms with Crippen LogP contribution in [0.15, 0.2) is 29.2 Å². The Morgan fingerprint density at radius 1 is 1.29 bits per heavy atom. The minimum atomic E-state index is -4.63. The Balaban J connectivity index is 2.31. The average Bonchev–Trinajstić information content (AvgIpc) is 2.96. The normalized spacial score (nSPS) is 21.4. The van der Waals surface area contributed by atoms with Crippen LogP contribution in [0.5, 0.6) is 0 Å². The van der Waals surface area contributed by atoms with Crippen LogP contribution < -0.4 is 5.43 Å². The maximum Gasteiger partial charge on any atom is 0.336 e. The second kappa shape index (κ2) is 8.67. The van der Waals surface area contributed by atoms with Gasteiger partial charge in [0.1, 0.15) is 6.04 Å². The van der Waals surface area contributed by atoms with E-state index in [1.54, 1.807) is 26.0 Å². The number of hydrazine groups is 1. The maximum absolute atomic E-state index is 13.0. The molecule has 1 aromatic carbocycles. The molecule has 2 rings (SSSR count). The van der Waals surface area contributed by atoms with Gasteiger partial charge in [0.25, 0.3) is 15.9 Å². The first-order valence-electron chi connectivity index (χ1n) is 8.64. The van der Waals surface area contributed by atoms with Crippen LogP contribution >= 0.6 is 12.6 Å². The van der Waals surface area contributed by atoms with Crippen LogP contribution in [0.2, 0.25) is 0 Å². The number of aryl methyl sites for hydroxylation is 1. The van der Waals surface area contributed by atoms with Crippen LogP contribution in [0.4, 0.5) is 0 Å². The van der Waals surface area contributed by atoms with Gasteiger partial charge < -0.3 is 0 Å². The zero-order valence-electron chi connectivity index (χ0n) is 15.8. The number of rotatable bonds is 7. The largest absolute Gasteiger partial charge is 0.336 e. The van der Waals surface area contributed by atoms with Crippen LogP contribution in [-0.4, -0.2) is 60.4 Å². The third-order valence-electron chi connectivity index (χ3n) is 4.21. The fourth-order valence-electron chi connectivity index (χ4n) is 2.85. The van der Waals surface area contributed by atoms with Crippen LogP contribution in [0.25, 0.3) is 0 Å². The number of benzene rings is 1. The summed E-state index contributed by atoms with van der Waals surface area (Å²) < 4.78 is 59.8. The van der Waals surface area contributed by atoms with Crippen molar-refractivity contribution in [2.45, 2.75) is 43.4 Å². The van der Waals surface area contributed by atoms with Crippen LogP contribution in [0, 0.1) is 12.8 Å². The zero-order valence-corrected chi connectivity index (χ0v) is 18.3. The first kappa shape index (κ1) is 23.1. The smallest absolute Gasteiger partial charge is 0.274 e. The maximum atomic E-state index is 13.0. The lowest BCUT2D eigenvalue weighted by Crippen LogP contribution is -2.54. The molecular formula is C16H25N3O6S3. The highest BCUT2D eigenvalue weighted by Gasteiger charge is 2.43. The number of carbonyl (C=O) groups is 1. The molecule has 0 radical (unpaired) electrons. The van der Waals surface area contributed by atoms with Crippen molar-refractivity contribution in [1.82, 2.24) is 14.1 Å². The van der Waals surface area contributed by atoms with Gasteiger partial charge in [-0.1, -0.05) is 31.5 Å². The number of sulfonamides is 1. The third-order valence-corrected chi connectivity index (χ3v) is 7.27. The predicted molar refractivity (Wildman–Crippen MR) is 107 cm³/mol. The van der Waals surface area contributed by atoms with Gasteiger partial charge in [-0.25, -0.2) is 8.42 Å². The highest BCUT2D eigenvalue weighted by molar-refractivity contribution is 7.89. The fraction of sp³-hybridized carbons (Fsp3) is 0.562. The van der Waals surface area contributed by atoms with E-state index in [0.717, 1.165) is 9.98 Å². The molecule has 158 valence electrons. The average molecular weight is 452 g/mol. The molecule has 1 amide bonds. The molecule has 2 atom stereocenters. The van der Waals surface area contributed by atoms with Crippen molar-refractivity contribution < 1.29 is 26.2 Å². The van der Waals surface area contributed by atoms with Gasteiger partial charge >= 0.3 is 10.3 Å². The number of hydrogen-bond donors (Lipinski definition) is 3. The lowest BCUT2D eigenvalue weighted by Gasteiger charge is -2.27. The highest BCUT2D eigenvalue weighted by Crippen LogP contribution is 2.25. The number of hydrogen-bond acceptors (Lipinski definition) is 6. The van der Waals surface area contributed by atoms with Gasteiger partial charge in [-0.3, -0.25) is 14.8 Å². The summed E-state index contributed by atoms with van der Waals surface area (Å²) in [6.07, 6.45) is 0.0504. The Bertz CT molecular complexity index is 915. The topological polar surface area (TPSA) is 124 Å². The van der Waals surface area contributed by atoms with E-state index in [-0.39, 0.29) is 30.3 Å². The summed E-state index contributed by atoms with van der Waals surface area (Å²) in [5.74, 6) is -0.954. The molecule has 1 fully saturated rings. The highest BCUT2D eigenvalue weighted by atomic mass is 32.2. The molecule has 0 saturated carbocycles. The molecule has 12 heteroatoms. The van der Waals surface area contributed by atoms with Gasteiger partial charge in [0.15, 0.2) is 0 Å². The van der Waals surface area contributed by atoms with Crippen molar-refractivity contribution >= 4 is 38.9 Å². The first-order valence-corrected chi connectivity index (χ1v) is 12.0. The Kier molecular flexibility index (Phi) is 7.16. The second-order valence-corrected chi connectivity index (χ2v) is 11.1. The number of thiol groups is 1. The van der Waals surface area contributed by atoms with Crippen molar-refractivity contribution in [2.24, 2.45) is 5.92 Å². The number of amides is 1. The SMILES string of the molecule is Cc1ccc(S(=O)(=O)N(CC(C)C)NC(=O)C2CC(S)CN2S(=O)(=O)O)cc1. The summed E-state index contributed by atoms with van der Waals surface area (Å²) in [5.41, 5.74) is 3.20. The van der Waals surface area contributed by atoms with Crippen LogP contribution in [0.1, 0.15) is 25.8 Å². The van der Waals surface area contributed by atoms with E-state index in [0.29, 0.717) is 4.31 Å². The third kappa shape index (κ3) is 5.45. The van der Waals surface area contributed by atoms with Crippen molar-refractivity contribution in [3.8, 4) is 0 Å². The Morgan fingerprint density at radius 2 is 1.86 bits per heavy atom. The molecule has 1 saturated heterocycles. The van der Waals surface area contributed by atoms with E-state index < -0.39 is 37.5 Å². The molecular weight excluding hydrogens is 426 g/mol. The van der Waals surface area contributed by atoms with Crippen molar-refractivity contribution in [1.29, 1.82) is 0 Å². The molecule has 1 aliphatic rings. The minimum absolute atomic E-state index is 0.00387. The summed E-state index contributed by atoms with van der Waals surface area (Å²) in [6, 6.07) is 4.91. The number of carbonyl (C=O) groups excluding carboxylic acids is 1. The minimum Gasteiger partial charge on any atom is -0.274 e. The summed E-state index contributed by atoms with van der Waals surface area (Å²) in [4.78, 5) is 12.7. The molecule has 1 heterocycles.